The van der Waals surface area contributed by atoms with Crippen LogP contribution in [0.3, 0.4) is 0 Å². The molecule has 0 unspecified atom stereocenters. The van der Waals surface area contributed by atoms with Gasteiger partial charge in [-0.15, -0.1) is 0 Å². The number of hydrogen-bond donors (Lipinski definition) is 1. The quantitative estimate of drug-likeness (QED) is 0.852. The highest BCUT2D eigenvalue weighted by atomic mass is 14.9. The first-order valence-electron chi connectivity index (χ1n) is 7.03. The molecule has 1 fully saturated rings. The lowest BCUT2D eigenvalue weighted by molar-refractivity contribution is 0.353. The first-order chi connectivity index (χ1) is 8.79. The summed E-state index contributed by atoms with van der Waals surface area (Å²) >= 11 is 0. The lowest BCUT2D eigenvalue weighted by atomic mass is 9.83. The molecule has 18 heavy (non-hydrogen) atoms. The molecule has 0 aliphatic heterocycles. The van der Waals surface area contributed by atoms with E-state index in [0.717, 1.165) is 12.0 Å². The minimum absolute atomic E-state index is 0.729. The van der Waals surface area contributed by atoms with Crippen molar-refractivity contribution < 1.29 is 0 Å². The molecule has 0 amide bonds. The molecule has 3 rings (SSSR count). The van der Waals surface area contributed by atoms with Crippen LogP contribution in [0.25, 0.3) is 5.52 Å². The summed E-state index contributed by atoms with van der Waals surface area (Å²) in [5.41, 5.74) is 4.33. The Hall–Kier alpha value is -1.28. The third-order valence-electron chi connectivity index (χ3n) is 4.44. The third kappa shape index (κ3) is 1.95. The van der Waals surface area contributed by atoms with Gasteiger partial charge < -0.3 is 9.72 Å². The highest BCUT2D eigenvalue weighted by molar-refractivity contribution is 5.53. The van der Waals surface area contributed by atoms with Gasteiger partial charge >= 0.3 is 0 Å². The van der Waals surface area contributed by atoms with Crippen LogP contribution >= 0.6 is 0 Å². The molecule has 2 heterocycles. The summed E-state index contributed by atoms with van der Waals surface area (Å²) < 4.78 is 2.39. The van der Waals surface area contributed by atoms with Gasteiger partial charge in [-0.1, -0.05) is 6.07 Å². The molecule has 0 bridgehead atoms. The maximum absolute atomic E-state index is 3.41. The molecule has 2 aromatic rings. The van der Waals surface area contributed by atoms with Crippen LogP contribution in [0.5, 0.6) is 0 Å². The molecule has 2 nitrogen and oxygen atoms in total. The Bertz CT molecular complexity index is 533. The average molecular weight is 242 g/mol. The predicted octanol–water partition coefficient (Wildman–Crippen LogP) is 3.49. The van der Waals surface area contributed by atoms with Crippen molar-refractivity contribution in [1.82, 2.24) is 9.72 Å². The van der Waals surface area contributed by atoms with E-state index in [1.54, 1.807) is 5.69 Å². The SMILES string of the molecule is CNC1CCC(c2c(C)cc3ccccn23)CC1. The van der Waals surface area contributed by atoms with Crippen LogP contribution in [0.4, 0.5) is 0 Å². The molecule has 96 valence electrons. The molecule has 1 aliphatic carbocycles. The summed E-state index contributed by atoms with van der Waals surface area (Å²) in [5.74, 6) is 0.736. The zero-order chi connectivity index (χ0) is 12.5. The molecule has 0 radical (unpaired) electrons. The molecule has 0 spiro atoms. The van der Waals surface area contributed by atoms with Gasteiger partial charge in [-0.2, -0.15) is 0 Å². The van der Waals surface area contributed by atoms with Gasteiger partial charge in [-0.3, -0.25) is 0 Å². The van der Waals surface area contributed by atoms with E-state index in [4.69, 9.17) is 0 Å². The number of hydrogen-bond acceptors (Lipinski definition) is 1. The smallest absolute Gasteiger partial charge is 0.0455 e. The van der Waals surface area contributed by atoms with Crippen LogP contribution in [-0.2, 0) is 0 Å². The fourth-order valence-corrected chi connectivity index (χ4v) is 3.45. The van der Waals surface area contributed by atoms with Crippen molar-refractivity contribution in [2.45, 2.75) is 44.6 Å². The van der Waals surface area contributed by atoms with Crippen molar-refractivity contribution in [2.24, 2.45) is 0 Å². The first-order valence-corrected chi connectivity index (χ1v) is 7.03. The standard InChI is InChI=1S/C16H22N2/c1-12-11-15-5-3-4-10-18(15)16(12)13-6-8-14(17-2)9-7-13/h3-5,10-11,13-14,17H,6-9H2,1-2H3. The monoisotopic (exact) mass is 242 g/mol. The van der Waals surface area contributed by atoms with E-state index >= 15 is 0 Å². The zero-order valence-corrected chi connectivity index (χ0v) is 11.3. The topological polar surface area (TPSA) is 16.4 Å². The Balaban J connectivity index is 1.92. The number of rotatable bonds is 2. The van der Waals surface area contributed by atoms with Gasteiger partial charge in [0.05, 0.1) is 0 Å². The predicted molar refractivity (Wildman–Crippen MR) is 76.2 cm³/mol. The second kappa shape index (κ2) is 4.77. The van der Waals surface area contributed by atoms with Crippen LogP contribution < -0.4 is 5.32 Å². The van der Waals surface area contributed by atoms with Crippen LogP contribution in [0.15, 0.2) is 30.5 Å². The number of aromatic nitrogens is 1. The van der Waals surface area contributed by atoms with E-state index in [1.165, 1.54) is 36.8 Å². The fraction of sp³-hybridized carbons (Fsp3) is 0.500. The molecule has 1 N–H and O–H groups in total. The van der Waals surface area contributed by atoms with Gasteiger partial charge in [0.1, 0.15) is 0 Å². The van der Waals surface area contributed by atoms with Crippen molar-refractivity contribution in [2.75, 3.05) is 7.05 Å². The van der Waals surface area contributed by atoms with Crippen molar-refractivity contribution >= 4 is 5.52 Å². The minimum Gasteiger partial charge on any atom is -0.320 e. The minimum atomic E-state index is 0.729. The van der Waals surface area contributed by atoms with Crippen molar-refractivity contribution in [1.29, 1.82) is 0 Å². The number of nitrogens with one attached hydrogen (secondary N) is 1. The van der Waals surface area contributed by atoms with Crippen LogP contribution in [0.1, 0.15) is 42.9 Å². The molecular formula is C16H22N2. The van der Waals surface area contributed by atoms with E-state index < -0.39 is 0 Å². The normalized spacial score (nSPS) is 24.6. The van der Waals surface area contributed by atoms with Crippen LogP contribution in [0.2, 0.25) is 0 Å². The Morgan fingerprint density at radius 3 is 2.67 bits per heavy atom. The lowest BCUT2D eigenvalue weighted by Crippen LogP contribution is -2.29. The summed E-state index contributed by atoms with van der Waals surface area (Å²) in [4.78, 5) is 0. The summed E-state index contributed by atoms with van der Waals surface area (Å²) in [6.07, 6.45) is 7.45. The maximum Gasteiger partial charge on any atom is 0.0455 e. The van der Waals surface area contributed by atoms with E-state index in [1.807, 2.05) is 0 Å². The van der Waals surface area contributed by atoms with Gasteiger partial charge in [0.25, 0.3) is 0 Å². The first kappa shape index (κ1) is 11.8. The van der Waals surface area contributed by atoms with E-state index in [9.17, 15) is 0 Å². The molecular weight excluding hydrogens is 220 g/mol. The Labute approximate surface area is 109 Å². The van der Waals surface area contributed by atoms with Gasteiger partial charge in [-0.25, -0.2) is 0 Å². The largest absolute Gasteiger partial charge is 0.320 e. The summed E-state index contributed by atoms with van der Waals surface area (Å²) in [6.45, 7) is 2.26. The highest BCUT2D eigenvalue weighted by Gasteiger charge is 2.24. The van der Waals surface area contributed by atoms with E-state index in [2.05, 4.69) is 54.2 Å². The fourth-order valence-electron chi connectivity index (χ4n) is 3.45. The van der Waals surface area contributed by atoms with Crippen molar-refractivity contribution in [3.05, 3.63) is 41.7 Å². The Morgan fingerprint density at radius 1 is 1.17 bits per heavy atom. The van der Waals surface area contributed by atoms with Crippen LogP contribution in [0, 0.1) is 6.92 Å². The number of aryl methyl sites for hydroxylation is 1. The van der Waals surface area contributed by atoms with Gasteiger partial charge in [0.2, 0.25) is 0 Å². The lowest BCUT2D eigenvalue weighted by Gasteiger charge is -2.28. The summed E-state index contributed by atoms with van der Waals surface area (Å²) in [7, 11) is 2.09. The second-order valence-electron chi connectivity index (χ2n) is 5.55. The molecule has 0 saturated heterocycles. The summed E-state index contributed by atoms with van der Waals surface area (Å²) in [5, 5.41) is 3.41. The van der Waals surface area contributed by atoms with E-state index in [0.29, 0.717) is 0 Å². The second-order valence-corrected chi connectivity index (χ2v) is 5.55. The summed E-state index contributed by atoms with van der Waals surface area (Å²) in [6, 6.07) is 9.51. The molecule has 0 atom stereocenters. The van der Waals surface area contributed by atoms with Crippen molar-refractivity contribution in [3.63, 3.8) is 0 Å². The molecule has 1 aliphatic rings. The zero-order valence-electron chi connectivity index (χ0n) is 11.3. The van der Waals surface area contributed by atoms with Gasteiger partial charge in [-0.05, 0) is 69.3 Å². The molecule has 2 aromatic heterocycles. The Morgan fingerprint density at radius 2 is 1.94 bits per heavy atom. The maximum atomic E-state index is 3.41. The highest BCUT2D eigenvalue weighted by Crippen LogP contribution is 2.35. The van der Waals surface area contributed by atoms with Crippen LogP contribution in [-0.4, -0.2) is 17.5 Å². The van der Waals surface area contributed by atoms with Crippen molar-refractivity contribution in [3.8, 4) is 0 Å². The number of pyridine rings is 1. The number of fused-ring (bicyclic) bond motifs is 1. The Kier molecular flexibility index (Phi) is 3.13. The molecule has 2 heteroatoms. The number of nitrogens with zero attached hydrogens (tertiary/aromatic N) is 1. The van der Waals surface area contributed by atoms with Gasteiger partial charge in [0.15, 0.2) is 0 Å². The average Bonchev–Trinajstić information content (AvgIpc) is 2.75. The molecule has 0 aromatic carbocycles. The van der Waals surface area contributed by atoms with Gasteiger partial charge in [0, 0.05) is 23.4 Å². The third-order valence-corrected chi connectivity index (χ3v) is 4.44. The van der Waals surface area contributed by atoms with E-state index in [-0.39, 0.29) is 0 Å². The molecule has 1 saturated carbocycles.